The van der Waals surface area contributed by atoms with Crippen molar-refractivity contribution in [3.05, 3.63) is 86.9 Å². The van der Waals surface area contributed by atoms with E-state index in [-0.39, 0.29) is 0 Å². The van der Waals surface area contributed by atoms with Crippen molar-refractivity contribution in [2.24, 2.45) is 0 Å². The van der Waals surface area contributed by atoms with Crippen LogP contribution in [-0.2, 0) is 0 Å². The molecule has 1 aromatic carbocycles. The molecule has 4 heteroatoms. The highest BCUT2D eigenvalue weighted by atomic mass is 127. The molecule has 0 radical (unpaired) electrons. The minimum absolute atomic E-state index is 0.635. The van der Waals surface area contributed by atoms with E-state index in [1.807, 2.05) is 31.3 Å². The maximum absolute atomic E-state index is 6.38. The Morgan fingerprint density at radius 2 is 1.91 bits per heavy atom. The third kappa shape index (κ3) is 2.71. The minimum atomic E-state index is 0.635. The second-order valence-electron chi connectivity index (χ2n) is 4.98. The van der Waals surface area contributed by atoms with Crippen LogP contribution in [-0.4, -0.2) is 16.9 Å². The Bertz CT molecular complexity index is 794. The fraction of sp³-hybridized carbons (Fsp3) is 0.0556. The first kappa shape index (κ1) is 15.3. The molecule has 22 heavy (non-hydrogen) atoms. The maximum Gasteiger partial charge on any atom is 0.0682 e. The molecule has 2 nitrogen and oxygen atoms in total. The van der Waals surface area contributed by atoms with E-state index in [2.05, 4.69) is 57.3 Å². The smallest absolute Gasteiger partial charge is 0.0682 e. The van der Waals surface area contributed by atoms with E-state index in [9.17, 15) is 0 Å². The SMILES string of the molecule is C=C1C(I)=CC(c2ccccc2)=C(c2ccncc2Cl)N1C. The van der Waals surface area contributed by atoms with Gasteiger partial charge in [-0.3, -0.25) is 4.98 Å². The molecule has 0 unspecified atom stereocenters. The van der Waals surface area contributed by atoms with Crippen LogP contribution in [0.25, 0.3) is 11.3 Å². The first-order valence-electron chi connectivity index (χ1n) is 6.79. The predicted molar refractivity (Wildman–Crippen MR) is 102 cm³/mol. The Balaban J connectivity index is 2.31. The lowest BCUT2D eigenvalue weighted by molar-refractivity contribution is 0.616. The number of hydrogen-bond acceptors (Lipinski definition) is 2. The molecule has 1 aromatic heterocycles. The zero-order valence-electron chi connectivity index (χ0n) is 12.1. The van der Waals surface area contributed by atoms with Crippen LogP contribution < -0.4 is 0 Å². The summed E-state index contributed by atoms with van der Waals surface area (Å²) in [6, 6.07) is 12.2. The van der Waals surface area contributed by atoms with Gasteiger partial charge in [-0.05, 0) is 40.3 Å². The molecular formula is C18H14ClIN2. The van der Waals surface area contributed by atoms with Crippen LogP contribution in [0.5, 0.6) is 0 Å². The summed E-state index contributed by atoms with van der Waals surface area (Å²) in [5, 5.41) is 0.635. The van der Waals surface area contributed by atoms with Gasteiger partial charge in [-0.2, -0.15) is 0 Å². The number of likely N-dealkylation sites (N-methyl/N-ethyl adjacent to an activating group) is 1. The van der Waals surface area contributed by atoms with E-state index in [0.29, 0.717) is 5.02 Å². The lowest BCUT2D eigenvalue weighted by atomic mass is 9.96. The number of pyridine rings is 1. The molecular weight excluding hydrogens is 407 g/mol. The van der Waals surface area contributed by atoms with Crippen LogP contribution in [0.3, 0.4) is 0 Å². The van der Waals surface area contributed by atoms with Crippen LogP contribution >= 0.6 is 34.2 Å². The number of allylic oxidation sites excluding steroid dienone is 3. The summed E-state index contributed by atoms with van der Waals surface area (Å²) in [4.78, 5) is 6.17. The number of rotatable bonds is 2. The largest absolute Gasteiger partial charge is 0.343 e. The van der Waals surface area contributed by atoms with E-state index in [4.69, 9.17) is 11.6 Å². The number of halogens is 2. The maximum atomic E-state index is 6.38. The Kier molecular flexibility index (Phi) is 4.36. The van der Waals surface area contributed by atoms with E-state index in [1.54, 1.807) is 12.4 Å². The van der Waals surface area contributed by atoms with Crippen molar-refractivity contribution in [2.75, 3.05) is 7.05 Å². The van der Waals surface area contributed by atoms with E-state index >= 15 is 0 Å². The first-order valence-corrected chi connectivity index (χ1v) is 8.25. The molecule has 0 aliphatic carbocycles. The van der Waals surface area contributed by atoms with Gasteiger partial charge in [-0.1, -0.05) is 48.5 Å². The molecule has 0 N–H and O–H groups in total. The van der Waals surface area contributed by atoms with Crippen molar-refractivity contribution in [1.82, 2.24) is 9.88 Å². The lowest BCUT2D eigenvalue weighted by Crippen LogP contribution is -2.20. The molecule has 2 heterocycles. The average molecular weight is 421 g/mol. The predicted octanol–water partition coefficient (Wildman–Crippen LogP) is 5.38. The van der Waals surface area contributed by atoms with Gasteiger partial charge in [0, 0.05) is 39.9 Å². The molecule has 3 rings (SSSR count). The summed E-state index contributed by atoms with van der Waals surface area (Å²) in [6.07, 6.45) is 5.59. The van der Waals surface area contributed by atoms with Crippen LogP contribution in [0.4, 0.5) is 0 Å². The van der Waals surface area contributed by atoms with Gasteiger partial charge in [0.25, 0.3) is 0 Å². The van der Waals surface area contributed by atoms with Crippen molar-refractivity contribution in [3.63, 3.8) is 0 Å². The van der Waals surface area contributed by atoms with Crippen LogP contribution in [0.15, 0.2) is 70.7 Å². The summed E-state index contributed by atoms with van der Waals surface area (Å²) in [5.74, 6) is 0. The molecule has 2 aromatic rings. The standard InChI is InChI=1S/C18H14ClIN2/c1-12-17(20)10-15(13-6-4-3-5-7-13)18(22(12)2)14-8-9-21-11-16(14)19/h3-11H,1H2,2H3. The molecule has 0 amide bonds. The molecule has 0 saturated heterocycles. The van der Waals surface area contributed by atoms with E-state index in [0.717, 1.165) is 31.7 Å². The molecule has 110 valence electrons. The monoisotopic (exact) mass is 420 g/mol. The van der Waals surface area contributed by atoms with Gasteiger partial charge in [0.1, 0.15) is 0 Å². The van der Waals surface area contributed by atoms with Gasteiger partial charge in [-0.15, -0.1) is 0 Å². The highest BCUT2D eigenvalue weighted by Gasteiger charge is 2.24. The number of hydrogen-bond donors (Lipinski definition) is 0. The summed E-state index contributed by atoms with van der Waals surface area (Å²) in [5.41, 5.74) is 5.25. The van der Waals surface area contributed by atoms with Crippen molar-refractivity contribution < 1.29 is 0 Å². The highest BCUT2D eigenvalue weighted by molar-refractivity contribution is 14.1. The number of nitrogens with zero attached hydrogens (tertiary/aromatic N) is 2. The van der Waals surface area contributed by atoms with Gasteiger partial charge in [0.2, 0.25) is 0 Å². The van der Waals surface area contributed by atoms with Gasteiger partial charge < -0.3 is 4.90 Å². The van der Waals surface area contributed by atoms with Gasteiger partial charge >= 0.3 is 0 Å². The highest BCUT2D eigenvalue weighted by Crippen LogP contribution is 2.41. The Morgan fingerprint density at radius 1 is 1.18 bits per heavy atom. The number of aromatic nitrogens is 1. The molecule has 0 fully saturated rings. The fourth-order valence-electron chi connectivity index (χ4n) is 2.49. The topological polar surface area (TPSA) is 16.1 Å². The Hall–Kier alpha value is -1.59. The quantitative estimate of drug-likeness (QED) is 0.606. The second kappa shape index (κ2) is 6.26. The Morgan fingerprint density at radius 3 is 2.59 bits per heavy atom. The lowest BCUT2D eigenvalue weighted by Gasteiger charge is -2.31. The third-order valence-corrected chi connectivity index (χ3v) is 4.89. The van der Waals surface area contributed by atoms with Crippen LogP contribution in [0, 0.1) is 0 Å². The molecule has 0 bridgehead atoms. The summed E-state index contributed by atoms with van der Waals surface area (Å²) in [6.45, 7) is 4.17. The van der Waals surface area contributed by atoms with Gasteiger partial charge in [0.05, 0.1) is 10.7 Å². The van der Waals surface area contributed by atoms with Gasteiger partial charge in [-0.25, -0.2) is 0 Å². The summed E-state index contributed by atoms with van der Waals surface area (Å²) in [7, 11) is 2.02. The normalized spacial score (nSPS) is 15.1. The van der Waals surface area contributed by atoms with Crippen molar-refractivity contribution in [1.29, 1.82) is 0 Å². The molecule has 0 saturated carbocycles. The van der Waals surface area contributed by atoms with E-state index in [1.165, 1.54) is 0 Å². The molecule has 1 aliphatic rings. The summed E-state index contributed by atoms with van der Waals surface area (Å²) >= 11 is 8.70. The third-order valence-electron chi connectivity index (χ3n) is 3.65. The first-order chi connectivity index (χ1) is 10.6. The zero-order valence-corrected chi connectivity index (χ0v) is 15.0. The van der Waals surface area contributed by atoms with Crippen molar-refractivity contribution >= 4 is 45.5 Å². The zero-order chi connectivity index (χ0) is 15.7. The van der Waals surface area contributed by atoms with Crippen molar-refractivity contribution in [3.8, 4) is 0 Å². The van der Waals surface area contributed by atoms with Gasteiger partial charge in [0.15, 0.2) is 0 Å². The van der Waals surface area contributed by atoms with Crippen LogP contribution in [0.1, 0.15) is 11.1 Å². The molecule has 0 spiro atoms. The van der Waals surface area contributed by atoms with E-state index < -0.39 is 0 Å². The van der Waals surface area contributed by atoms with Crippen molar-refractivity contribution in [2.45, 2.75) is 0 Å². The average Bonchev–Trinajstić information content (AvgIpc) is 2.54. The second-order valence-corrected chi connectivity index (χ2v) is 6.55. The minimum Gasteiger partial charge on any atom is -0.343 e. The summed E-state index contributed by atoms with van der Waals surface area (Å²) < 4.78 is 1.12. The number of benzene rings is 1. The molecule has 0 atom stereocenters. The molecule has 1 aliphatic heterocycles. The Labute approximate surface area is 149 Å². The van der Waals surface area contributed by atoms with Crippen LogP contribution in [0.2, 0.25) is 5.02 Å². The fourth-order valence-corrected chi connectivity index (χ4v) is 3.37.